The number of primary amides is 1. The van der Waals surface area contributed by atoms with E-state index in [0.717, 1.165) is 13.0 Å². The molecule has 0 aliphatic rings. The minimum atomic E-state index is -0.356. The van der Waals surface area contributed by atoms with Crippen LogP contribution in [0.5, 0.6) is 0 Å². The first-order chi connectivity index (χ1) is 12.1. The van der Waals surface area contributed by atoms with Crippen LogP contribution in [0.3, 0.4) is 0 Å². The van der Waals surface area contributed by atoms with Crippen molar-refractivity contribution in [3.63, 3.8) is 0 Å². The van der Waals surface area contributed by atoms with Gasteiger partial charge < -0.3 is 5.73 Å². The summed E-state index contributed by atoms with van der Waals surface area (Å²) < 4.78 is 0. The Morgan fingerprint density at radius 2 is 0.960 bits per heavy atom. The molecule has 0 aromatic rings. The normalized spacial score (nSPS) is 11.2. The average molecular weight is 356 g/mol. The molecule has 4 heteroatoms. The number of rotatable bonds is 18. The number of hydrogen-bond donors (Lipinski definition) is 1. The molecule has 0 saturated heterocycles. The van der Waals surface area contributed by atoms with Crippen molar-refractivity contribution in [1.29, 1.82) is 0 Å². The smallest absolute Gasteiger partial charge is 0.329 e. The van der Waals surface area contributed by atoms with Crippen LogP contribution in [0, 0.1) is 0 Å². The number of amides is 2. The van der Waals surface area contributed by atoms with Crippen LogP contribution in [0.1, 0.15) is 110 Å². The summed E-state index contributed by atoms with van der Waals surface area (Å²) >= 11 is 0. The zero-order chi connectivity index (χ0) is 18.8. The van der Waals surface area contributed by atoms with Gasteiger partial charge in [0.2, 0.25) is 0 Å². The average Bonchev–Trinajstić information content (AvgIpc) is 2.57. The zero-order valence-electron chi connectivity index (χ0n) is 17.4. The van der Waals surface area contributed by atoms with Gasteiger partial charge in [-0.2, -0.15) is 0 Å². The number of hydrogen-bond acceptors (Lipinski definition) is 2. The van der Waals surface area contributed by atoms with Crippen molar-refractivity contribution in [2.24, 2.45) is 5.73 Å². The van der Waals surface area contributed by atoms with Crippen LogP contribution < -0.4 is 5.73 Å². The summed E-state index contributed by atoms with van der Waals surface area (Å²) in [6.07, 6.45) is 21.8. The summed E-state index contributed by atoms with van der Waals surface area (Å²) in [5, 5.41) is 3.37. The summed E-state index contributed by atoms with van der Waals surface area (Å²) in [6.45, 7) is 3.02. The second kappa shape index (κ2) is 18.0. The standard InChI is InChI=1S/C21H45N3O/c1-4-5-6-7-8-9-10-11-12-13-14-15-16-17-18-19-20-24(21(22)25)23(2)3/h4-20H2,1-3H3,(H2,22,25). The van der Waals surface area contributed by atoms with Crippen LogP contribution in [0.4, 0.5) is 4.79 Å². The molecule has 25 heavy (non-hydrogen) atoms. The van der Waals surface area contributed by atoms with Gasteiger partial charge in [0.25, 0.3) is 0 Å². The van der Waals surface area contributed by atoms with Gasteiger partial charge in [-0.1, -0.05) is 103 Å². The van der Waals surface area contributed by atoms with Gasteiger partial charge in [0, 0.05) is 20.6 Å². The lowest BCUT2D eigenvalue weighted by Gasteiger charge is -2.26. The van der Waals surface area contributed by atoms with E-state index in [4.69, 9.17) is 5.73 Å². The Labute approximate surface area is 157 Å². The van der Waals surface area contributed by atoms with Gasteiger partial charge >= 0.3 is 6.03 Å². The van der Waals surface area contributed by atoms with Crippen molar-refractivity contribution in [1.82, 2.24) is 10.0 Å². The first kappa shape index (κ1) is 24.2. The van der Waals surface area contributed by atoms with Crippen molar-refractivity contribution >= 4 is 6.03 Å². The summed E-state index contributed by atoms with van der Waals surface area (Å²) in [6, 6.07) is -0.356. The van der Waals surface area contributed by atoms with Gasteiger partial charge in [0.1, 0.15) is 0 Å². The van der Waals surface area contributed by atoms with Crippen LogP contribution >= 0.6 is 0 Å². The molecule has 0 aromatic heterocycles. The topological polar surface area (TPSA) is 49.6 Å². The van der Waals surface area contributed by atoms with Gasteiger partial charge in [-0.05, 0) is 6.42 Å². The monoisotopic (exact) mass is 355 g/mol. The van der Waals surface area contributed by atoms with E-state index in [1.165, 1.54) is 96.3 Å². The van der Waals surface area contributed by atoms with E-state index in [0.29, 0.717) is 0 Å². The lowest BCUT2D eigenvalue weighted by Crippen LogP contribution is -2.45. The Bertz CT molecular complexity index is 295. The van der Waals surface area contributed by atoms with Crippen LogP contribution in [0.25, 0.3) is 0 Å². The largest absolute Gasteiger partial charge is 0.350 e. The highest BCUT2D eigenvalue weighted by atomic mass is 16.2. The highest BCUT2D eigenvalue weighted by molar-refractivity contribution is 5.71. The SMILES string of the molecule is CCCCCCCCCCCCCCCCCCN(C(N)=O)N(C)C. The molecule has 0 radical (unpaired) electrons. The van der Waals surface area contributed by atoms with Gasteiger partial charge in [-0.15, -0.1) is 0 Å². The van der Waals surface area contributed by atoms with Crippen LogP contribution in [0.2, 0.25) is 0 Å². The van der Waals surface area contributed by atoms with Gasteiger partial charge in [0.15, 0.2) is 0 Å². The Hall–Kier alpha value is -0.770. The molecule has 2 N–H and O–H groups in total. The lowest BCUT2D eigenvalue weighted by atomic mass is 10.0. The quantitative estimate of drug-likeness (QED) is 0.238. The zero-order valence-corrected chi connectivity index (χ0v) is 17.4. The predicted molar refractivity (Wildman–Crippen MR) is 110 cm³/mol. The highest BCUT2D eigenvalue weighted by Gasteiger charge is 2.10. The molecule has 150 valence electrons. The summed E-state index contributed by atoms with van der Waals surface area (Å²) in [5.74, 6) is 0. The van der Waals surface area contributed by atoms with E-state index >= 15 is 0 Å². The van der Waals surface area contributed by atoms with Crippen molar-refractivity contribution in [2.45, 2.75) is 110 Å². The maximum absolute atomic E-state index is 11.2. The molecule has 0 aromatic carbocycles. The van der Waals surface area contributed by atoms with Crippen LogP contribution in [-0.2, 0) is 0 Å². The van der Waals surface area contributed by atoms with E-state index in [-0.39, 0.29) is 6.03 Å². The number of unbranched alkanes of at least 4 members (excludes halogenated alkanes) is 15. The lowest BCUT2D eigenvalue weighted by molar-refractivity contribution is 0.0667. The maximum Gasteiger partial charge on any atom is 0.329 e. The molecule has 0 unspecified atom stereocenters. The molecule has 0 bridgehead atoms. The number of urea groups is 1. The Balaban J connectivity index is 3.20. The van der Waals surface area contributed by atoms with E-state index in [9.17, 15) is 4.79 Å². The van der Waals surface area contributed by atoms with Crippen molar-refractivity contribution in [2.75, 3.05) is 20.6 Å². The molecule has 4 nitrogen and oxygen atoms in total. The number of hydrazine groups is 1. The second-order valence-corrected chi connectivity index (χ2v) is 7.61. The van der Waals surface area contributed by atoms with Crippen molar-refractivity contribution < 1.29 is 4.79 Å². The first-order valence-corrected chi connectivity index (χ1v) is 10.8. The predicted octanol–water partition coefficient (Wildman–Crippen LogP) is 6.11. The first-order valence-electron chi connectivity index (χ1n) is 10.8. The Morgan fingerprint density at radius 1 is 0.640 bits per heavy atom. The van der Waals surface area contributed by atoms with Gasteiger partial charge in [-0.3, -0.25) is 5.01 Å². The van der Waals surface area contributed by atoms with Gasteiger partial charge in [0.05, 0.1) is 0 Å². The minimum Gasteiger partial charge on any atom is -0.350 e. The molecular formula is C21H45N3O. The van der Waals surface area contributed by atoms with E-state index in [2.05, 4.69) is 6.92 Å². The number of carbonyl (C=O) groups excluding carboxylic acids is 1. The fourth-order valence-electron chi connectivity index (χ4n) is 3.32. The maximum atomic E-state index is 11.2. The summed E-state index contributed by atoms with van der Waals surface area (Å²) in [5.41, 5.74) is 5.35. The summed E-state index contributed by atoms with van der Waals surface area (Å²) in [7, 11) is 3.72. The Kier molecular flexibility index (Phi) is 17.5. The number of nitrogens with zero attached hydrogens (tertiary/aromatic N) is 2. The molecule has 0 heterocycles. The fourth-order valence-corrected chi connectivity index (χ4v) is 3.32. The van der Waals surface area contributed by atoms with Crippen molar-refractivity contribution in [3.05, 3.63) is 0 Å². The molecule has 0 rings (SSSR count). The molecule has 0 spiro atoms. The molecule has 0 aliphatic carbocycles. The summed E-state index contributed by atoms with van der Waals surface area (Å²) in [4.78, 5) is 11.2. The second-order valence-electron chi connectivity index (χ2n) is 7.61. The fraction of sp³-hybridized carbons (Fsp3) is 0.952. The van der Waals surface area contributed by atoms with Crippen LogP contribution in [0.15, 0.2) is 0 Å². The van der Waals surface area contributed by atoms with Crippen molar-refractivity contribution in [3.8, 4) is 0 Å². The molecule has 0 fully saturated rings. The van der Waals surface area contributed by atoms with E-state index < -0.39 is 0 Å². The number of nitrogens with two attached hydrogens (primary N) is 1. The molecule has 0 aliphatic heterocycles. The van der Waals surface area contributed by atoms with E-state index in [1.54, 1.807) is 10.0 Å². The molecular weight excluding hydrogens is 310 g/mol. The molecule has 2 amide bonds. The third-order valence-electron chi connectivity index (χ3n) is 4.96. The number of carbonyl (C=O) groups is 1. The third-order valence-corrected chi connectivity index (χ3v) is 4.96. The van der Waals surface area contributed by atoms with E-state index in [1.807, 2.05) is 14.1 Å². The highest BCUT2D eigenvalue weighted by Crippen LogP contribution is 2.13. The van der Waals surface area contributed by atoms with Gasteiger partial charge in [-0.25, -0.2) is 9.80 Å². The molecule has 0 saturated carbocycles. The minimum absolute atomic E-state index is 0.356. The molecule has 0 atom stereocenters. The Morgan fingerprint density at radius 3 is 1.24 bits per heavy atom. The third kappa shape index (κ3) is 16.4. The van der Waals surface area contributed by atoms with Crippen LogP contribution in [-0.4, -0.2) is 36.7 Å².